The van der Waals surface area contributed by atoms with Crippen LogP contribution in [0.15, 0.2) is 30.5 Å². The number of hydrogen-bond acceptors (Lipinski definition) is 3. The Balaban J connectivity index is 2.42. The van der Waals surface area contributed by atoms with E-state index in [-0.39, 0.29) is 0 Å². The molecule has 2 aromatic rings. The van der Waals surface area contributed by atoms with Gasteiger partial charge in [-0.1, -0.05) is 12.1 Å². The minimum absolute atomic E-state index is 0.321. The van der Waals surface area contributed by atoms with Crippen LogP contribution in [0.25, 0.3) is 11.3 Å². The first-order chi connectivity index (χ1) is 7.85. The number of H-pyrrole nitrogens is 1. The summed E-state index contributed by atoms with van der Waals surface area (Å²) >= 11 is 0. The van der Waals surface area contributed by atoms with Gasteiger partial charge in [0.15, 0.2) is 12.1 Å². The topological polar surface area (TPSA) is 55.0 Å². The fraction of sp³-hybridized carbons (Fsp3) is 0.167. The quantitative estimate of drug-likeness (QED) is 0.798. The van der Waals surface area contributed by atoms with Gasteiger partial charge in [-0.05, 0) is 19.1 Å². The molecular weight excluding hydrogens is 204 g/mol. The highest BCUT2D eigenvalue weighted by molar-refractivity contribution is 5.73. The Morgan fingerprint density at radius 1 is 1.44 bits per heavy atom. The lowest BCUT2D eigenvalue weighted by Gasteiger charge is -2.07. The number of ether oxygens (including phenoxy) is 1. The highest BCUT2D eigenvalue weighted by Gasteiger charge is 2.07. The Bertz CT molecular complexity index is 491. The highest BCUT2D eigenvalue weighted by atomic mass is 16.5. The summed E-state index contributed by atoms with van der Waals surface area (Å²) in [4.78, 5) is 17.4. The van der Waals surface area contributed by atoms with Gasteiger partial charge < -0.3 is 9.72 Å². The molecule has 0 aliphatic carbocycles. The SMILES string of the molecule is CCOc1ccccc1-c1cnc(C=O)[nH]1. The van der Waals surface area contributed by atoms with E-state index in [1.54, 1.807) is 6.20 Å². The summed E-state index contributed by atoms with van der Waals surface area (Å²) in [5.41, 5.74) is 1.69. The number of rotatable bonds is 4. The smallest absolute Gasteiger partial charge is 0.185 e. The summed E-state index contributed by atoms with van der Waals surface area (Å²) in [6, 6.07) is 7.64. The van der Waals surface area contributed by atoms with Gasteiger partial charge in [0.1, 0.15) is 5.75 Å². The Labute approximate surface area is 93.3 Å². The van der Waals surface area contributed by atoms with Gasteiger partial charge in [0.05, 0.1) is 18.5 Å². The van der Waals surface area contributed by atoms with Crippen LogP contribution >= 0.6 is 0 Å². The zero-order valence-corrected chi connectivity index (χ0v) is 8.93. The van der Waals surface area contributed by atoms with Gasteiger partial charge in [0.25, 0.3) is 0 Å². The molecule has 0 aliphatic heterocycles. The molecule has 0 saturated heterocycles. The maximum Gasteiger partial charge on any atom is 0.185 e. The molecule has 0 bridgehead atoms. The van der Waals surface area contributed by atoms with Crippen LogP contribution in [0.5, 0.6) is 5.75 Å². The maximum absolute atomic E-state index is 10.5. The molecule has 0 atom stereocenters. The van der Waals surface area contributed by atoms with Crippen LogP contribution in [-0.4, -0.2) is 22.9 Å². The number of aromatic amines is 1. The predicted molar refractivity (Wildman–Crippen MR) is 60.6 cm³/mol. The second-order valence-electron chi connectivity index (χ2n) is 3.23. The molecule has 82 valence electrons. The van der Waals surface area contributed by atoms with Crippen molar-refractivity contribution < 1.29 is 9.53 Å². The van der Waals surface area contributed by atoms with Crippen LogP contribution in [-0.2, 0) is 0 Å². The molecule has 1 N–H and O–H groups in total. The molecule has 0 saturated carbocycles. The van der Waals surface area contributed by atoms with Gasteiger partial charge in [-0.2, -0.15) is 0 Å². The van der Waals surface area contributed by atoms with Crippen molar-refractivity contribution in [1.82, 2.24) is 9.97 Å². The van der Waals surface area contributed by atoms with E-state index in [1.165, 1.54) is 0 Å². The third-order valence-electron chi connectivity index (χ3n) is 2.18. The standard InChI is InChI=1S/C12H12N2O2/c1-2-16-11-6-4-3-5-9(11)10-7-13-12(8-15)14-10/h3-8H,2H2,1H3,(H,13,14). The van der Waals surface area contributed by atoms with E-state index >= 15 is 0 Å². The maximum atomic E-state index is 10.5. The summed E-state index contributed by atoms with van der Waals surface area (Å²) in [7, 11) is 0. The molecule has 0 aliphatic rings. The van der Waals surface area contributed by atoms with E-state index in [0.29, 0.717) is 18.7 Å². The van der Waals surface area contributed by atoms with Crippen molar-refractivity contribution in [2.75, 3.05) is 6.61 Å². The molecule has 2 rings (SSSR count). The molecular formula is C12H12N2O2. The predicted octanol–water partition coefficient (Wildman–Crippen LogP) is 2.29. The Hall–Kier alpha value is -2.10. The summed E-state index contributed by atoms with van der Waals surface area (Å²) < 4.78 is 5.50. The number of carbonyl (C=O) groups excluding carboxylic acids is 1. The van der Waals surface area contributed by atoms with E-state index in [1.807, 2.05) is 31.2 Å². The van der Waals surface area contributed by atoms with Crippen LogP contribution < -0.4 is 4.74 Å². The number of aldehydes is 1. The fourth-order valence-electron chi connectivity index (χ4n) is 1.50. The Kier molecular flexibility index (Phi) is 3.00. The number of carbonyl (C=O) groups is 1. The van der Waals surface area contributed by atoms with Crippen molar-refractivity contribution in [3.05, 3.63) is 36.3 Å². The molecule has 0 radical (unpaired) electrons. The van der Waals surface area contributed by atoms with Gasteiger partial charge in [-0.15, -0.1) is 0 Å². The molecule has 0 fully saturated rings. The second kappa shape index (κ2) is 4.61. The average molecular weight is 216 g/mol. The molecule has 0 unspecified atom stereocenters. The van der Waals surface area contributed by atoms with Crippen LogP contribution in [0, 0.1) is 0 Å². The number of nitrogens with zero attached hydrogens (tertiary/aromatic N) is 1. The Morgan fingerprint density at radius 3 is 2.94 bits per heavy atom. The molecule has 4 nitrogen and oxygen atoms in total. The first-order valence-electron chi connectivity index (χ1n) is 5.07. The lowest BCUT2D eigenvalue weighted by molar-refractivity contribution is 0.111. The van der Waals surface area contributed by atoms with Gasteiger partial charge >= 0.3 is 0 Å². The van der Waals surface area contributed by atoms with Crippen LogP contribution in [0.3, 0.4) is 0 Å². The molecule has 0 spiro atoms. The van der Waals surface area contributed by atoms with Crippen molar-refractivity contribution >= 4 is 6.29 Å². The van der Waals surface area contributed by atoms with Gasteiger partial charge in [-0.3, -0.25) is 4.79 Å². The Morgan fingerprint density at radius 2 is 2.25 bits per heavy atom. The largest absolute Gasteiger partial charge is 0.493 e. The third-order valence-corrected chi connectivity index (χ3v) is 2.18. The number of benzene rings is 1. The number of hydrogen-bond donors (Lipinski definition) is 1. The van der Waals surface area contributed by atoms with E-state index in [9.17, 15) is 4.79 Å². The number of imidazole rings is 1. The van der Waals surface area contributed by atoms with Gasteiger partial charge in [0, 0.05) is 5.56 Å². The van der Waals surface area contributed by atoms with Crippen molar-refractivity contribution in [3.8, 4) is 17.0 Å². The summed E-state index contributed by atoms with van der Waals surface area (Å²) in [5, 5.41) is 0. The van der Waals surface area contributed by atoms with Crippen molar-refractivity contribution in [2.45, 2.75) is 6.92 Å². The van der Waals surface area contributed by atoms with Crippen molar-refractivity contribution in [3.63, 3.8) is 0 Å². The molecule has 0 amide bonds. The van der Waals surface area contributed by atoms with E-state index in [2.05, 4.69) is 9.97 Å². The first kappa shape index (κ1) is 10.4. The number of nitrogens with one attached hydrogen (secondary N) is 1. The van der Waals surface area contributed by atoms with Gasteiger partial charge in [0.2, 0.25) is 0 Å². The first-order valence-corrected chi connectivity index (χ1v) is 5.07. The van der Waals surface area contributed by atoms with Crippen molar-refractivity contribution in [1.29, 1.82) is 0 Å². The fourth-order valence-corrected chi connectivity index (χ4v) is 1.50. The van der Waals surface area contributed by atoms with Crippen LogP contribution in [0.4, 0.5) is 0 Å². The summed E-state index contributed by atoms with van der Waals surface area (Å²) in [6.45, 7) is 2.53. The third kappa shape index (κ3) is 1.95. The summed E-state index contributed by atoms with van der Waals surface area (Å²) in [5.74, 6) is 1.10. The number of aromatic nitrogens is 2. The molecule has 1 aromatic heterocycles. The molecule has 4 heteroatoms. The van der Waals surface area contributed by atoms with Crippen molar-refractivity contribution in [2.24, 2.45) is 0 Å². The number of para-hydroxylation sites is 1. The summed E-state index contributed by atoms with van der Waals surface area (Å²) in [6.07, 6.45) is 2.31. The van der Waals surface area contributed by atoms with Crippen LogP contribution in [0.2, 0.25) is 0 Å². The minimum Gasteiger partial charge on any atom is -0.493 e. The van der Waals surface area contributed by atoms with E-state index in [0.717, 1.165) is 17.0 Å². The average Bonchev–Trinajstić information content (AvgIpc) is 2.79. The minimum atomic E-state index is 0.321. The monoisotopic (exact) mass is 216 g/mol. The van der Waals surface area contributed by atoms with Gasteiger partial charge in [-0.25, -0.2) is 4.98 Å². The van der Waals surface area contributed by atoms with Crippen LogP contribution in [0.1, 0.15) is 17.5 Å². The zero-order chi connectivity index (χ0) is 11.4. The molecule has 16 heavy (non-hydrogen) atoms. The molecule has 1 aromatic carbocycles. The van der Waals surface area contributed by atoms with E-state index in [4.69, 9.17) is 4.74 Å². The van der Waals surface area contributed by atoms with E-state index < -0.39 is 0 Å². The second-order valence-corrected chi connectivity index (χ2v) is 3.23. The lowest BCUT2D eigenvalue weighted by Crippen LogP contribution is -1.93. The molecule has 1 heterocycles. The highest BCUT2D eigenvalue weighted by Crippen LogP contribution is 2.28. The normalized spacial score (nSPS) is 10.1. The lowest BCUT2D eigenvalue weighted by atomic mass is 10.1. The zero-order valence-electron chi connectivity index (χ0n) is 8.93.